The summed E-state index contributed by atoms with van der Waals surface area (Å²) in [7, 11) is -1.40. The molecule has 0 radical (unpaired) electrons. The molecule has 1 rings (SSSR count). The molecule has 0 unspecified atom stereocenters. The average molecular weight is 216 g/mol. The minimum absolute atomic E-state index is 0.775. The van der Waals surface area contributed by atoms with E-state index in [0.29, 0.717) is 0 Å². The van der Waals surface area contributed by atoms with Crippen molar-refractivity contribution in [3.8, 4) is 0 Å². The molecule has 0 heterocycles. The van der Waals surface area contributed by atoms with E-state index in [1.54, 1.807) is 0 Å². The highest BCUT2D eigenvalue weighted by Crippen LogP contribution is 2.21. The summed E-state index contributed by atoms with van der Waals surface area (Å²) >= 11 is 0. The van der Waals surface area contributed by atoms with Gasteiger partial charge in [-0.2, -0.15) is 0 Å². The summed E-state index contributed by atoms with van der Waals surface area (Å²) in [5, 5.41) is 18.0. The van der Waals surface area contributed by atoms with Crippen LogP contribution in [0.5, 0.6) is 0 Å². The molecule has 84 valence electrons. The van der Waals surface area contributed by atoms with E-state index in [4.69, 9.17) is 10.0 Å². The van der Waals surface area contributed by atoms with Crippen molar-refractivity contribution in [1.29, 1.82) is 0 Å². The van der Waals surface area contributed by atoms with E-state index in [1.807, 2.05) is 37.3 Å². The fourth-order valence-electron chi connectivity index (χ4n) is 1.50. The third kappa shape index (κ3) is 4.47. The second-order valence-corrected chi connectivity index (χ2v) is 3.93. The summed E-state index contributed by atoms with van der Waals surface area (Å²) in [6, 6.07) is 9.75. The molecule has 0 amide bonds. The summed E-state index contributed by atoms with van der Waals surface area (Å²) < 4.78 is 0. The lowest BCUT2D eigenvalue weighted by Gasteiger charge is -2.08. The van der Waals surface area contributed by atoms with Crippen LogP contribution in [0.4, 0.5) is 0 Å². The van der Waals surface area contributed by atoms with Crippen molar-refractivity contribution in [2.75, 3.05) is 0 Å². The van der Waals surface area contributed by atoms with Gasteiger partial charge in [-0.15, -0.1) is 6.58 Å². The van der Waals surface area contributed by atoms with Crippen molar-refractivity contribution in [2.45, 2.75) is 19.8 Å². The van der Waals surface area contributed by atoms with Gasteiger partial charge in [0.05, 0.1) is 0 Å². The first-order valence-electron chi connectivity index (χ1n) is 5.36. The van der Waals surface area contributed by atoms with E-state index < -0.39 is 7.12 Å². The smallest absolute Gasteiger partial charge is 0.424 e. The Hall–Kier alpha value is -1.32. The molecule has 0 bridgehead atoms. The van der Waals surface area contributed by atoms with Crippen LogP contribution in [0.15, 0.2) is 48.5 Å². The zero-order valence-electron chi connectivity index (χ0n) is 9.56. The molecule has 0 saturated carbocycles. The van der Waals surface area contributed by atoms with Crippen LogP contribution in [0, 0.1) is 0 Å². The molecule has 0 spiro atoms. The highest BCUT2D eigenvalue weighted by Gasteiger charge is 2.07. The normalized spacial score (nSPS) is 11.3. The van der Waals surface area contributed by atoms with Crippen molar-refractivity contribution in [3.05, 3.63) is 54.0 Å². The van der Waals surface area contributed by atoms with Gasteiger partial charge < -0.3 is 10.0 Å². The highest BCUT2D eigenvalue weighted by molar-refractivity contribution is 6.49. The largest absolute Gasteiger partial charge is 0.480 e. The summed E-state index contributed by atoms with van der Waals surface area (Å²) in [4.78, 5) is 0. The fraction of sp³-hybridized carbons (Fsp3) is 0.231. The lowest BCUT2D eigenvalue weighted by Crippen LogP contribution is -2.07. The van der Waals surface area contributed by atoms with Crippen LogP contribution in [-0.4, -0.2) is 17.2 Å². The van der Waals surface area contributed by atoms with Gasteiger partial charge in [0.1, 0.15) is 0 Å². The molecular weight excluding hydrogens is 199 g/mol. The van der Waals surface area contributed by atoms with E-state index in [9.17, 15) is 0 Å². The first kappa shape index (κ1) is 12.8. The molecule has 0 aromatic heterocycles. The van der Waals surface area contributed by atoms with E-state index in [0.717, 1.165) is 29.6 Å². The third-order valence-electron chi connectivity index (χ3n) is 2.32. The molecule has 0 aliphatic heterocycles. The van der Waals surface area contributed by atoms with Crippen molar-refractivity contribution in [2.24, 2.45) is 0 Å². The maximum absolute atomic E-state index is 9.01. The zero-order chi connectivity index (χ0) is 12.0. The number of allylic oxidation sites excluding steroid dienone is 2. The van der Waals surface area contributed by atoms with Gasteiger partial charge in [-0.1, -0.05) is 41.9 Å². The van der Waals surface area contributed by atoms with Gasteiger partial charge in [0.15, 0.2) is 0 Å². The predicted molar refractivity (Wildman–Crippen MR) is 68.7 cm³/mol. The molecule has 0 aliphatic carbocycles. The first-order chi connectivity index (χ1) is 7.59. The van der Waals surface area contributed by atoms with Crippen molar-refractivity contribution in [1.82, 2.24) is 0 Å². The lowest BCUT2D eigenvalue weighted by molar-refractivity contribution is 0.424. The van der Waals surface area contributed by atoms with Crippen molar-refractivity contribution in [3.63, 3.8) is 0 Å². The Labute approximate surface area is 97.1 Å². The molecular formula is C13H17BO2. The molecule has 0 atom stereocenters. The van der Waals surface area contributed by atoms with Crippen LogP contribution in [0.25, 0.3) is 5.57 Å². The van der Waals surface area contributed by atoms with Gasteiger partial charge >= 0.3 is 7.12 Å². The maximum atomic E-state index is 9.01. The minimum Gasteiger partial charge on any atom is -0.424 e. The van der Waals surface area contributed by atoms with Crippen LogP contribution in [0.1, 0.15) is 25.3 Å². The number of benzene rings is 1. The fourth-order valence-corrected chi connectivity index (χ4v) is 1.50. The molecule has 0 aliphatic rings. The Kier molecular flexibility index (Phi) is 5.03. The molecule has 0 fully saturated rings. The van der Waals surface area contributed by atoms with Crippen molar-refractivity contribution >= 4 is 12.7 Å². The second kappa shape index (κ2) is 6.31. The van der Waals surface area contributed by atoms with E-state index in [-0.39, 0.29) is 0 Å². The van der Waals surface area contributed by atoms with E-state index in [2.05, 4.69) is 6.58 Å². The topological polar surface area (TPSA) is 40.5 Å². The summed E-state index contributed by atoms with van der Waals surface area (Å²) in [5.74, 6) is 1.47. The van der Waals surface area contributed by atoms with Crippen molar-refractivity contribution < 1.29 is 10.0 Å². The van der Waals surface area contributed by atoms with Crippen LogP contribution < -0.4 is 0 Å². The first-order valence-corrected chi connectivity index (χ1v) is 5.36. The number of hydrogen-bond acceptors (Lipinski definition) is 2. The molecule has 16 heavy (non-hydrogen) atoms. The predicted octanol–water partition coefficient (Wildman–Crippen LogP) is 2.44. The standard InChI is InChI=1S/C13H17BO2/c1-11(2)8-9-13(10-14(15)16)12-6-4-3-5-7-12/h3-7,10,15-16H,1,8-9H2,2H3/b13-10-. The lowest BCUT2D eigenvalue weighted by atomic mass is 9.84. The van der Waals surface area contributed by atoms with E-state index >= 15 is 0 Å². The summed E-state index contributed by atoms with van der Waals surface area (Å²) in [6.45, 7) is 5.82. The third-order valence-corrected chi connectivity index (χ3v) is 2.32. The van der Waals surface area contributed by atoms with Gasteiger partial charge in [-0.25, -0.2) is 0 Å². The number of hydrogen-bond donors (Lipinski definition) is 2. The molecule has 2 nitrogen and oxygen atoms in total. The quantitative estimate of drug-likeness (QED) is 0.586. The Bertz CT molecular complexity index is 369. The zero-order valence-corrected chi connectivity index (χ0v) is 9.56. The monoisotopic (exact) mass is 216 g/mol. The van der Waals surface area contributed by atoms with Crippen LogP contribution >= 0.6 is 0 Å². The van der Waals surface area contributed by atoms with Gasteiger partial charge in [0, 0.05) is 0 Å². The minimum atomic E-state index is -1.40. The van der Waals surface area contributed by atoms with Gasteiger partial charge in [-0.05, 0) is 30.9 Å². The number of rotatable bonds is 5. The summed E-state index contributed by atoms with van der Waals surface area (Å²) in [6.07, 6.45) is 1.63. The SMILES string of the molecule is C=C(C)CC/C(=C/B(O)O)c1ccccc1. The average Bonchev–Trinajstić information content (AvgIpc) is 2.25. The summed E-state index contributed by atoms with van der Waals surface area (Å²) in [5.41, 5.74) is 3.06. The molecule has 2 N–H and O–H groups in total. The molecule has 1 aromatic carbocycles. The van der Waals surface area contributed by atoms with Crippen LogP contribution in [0.3, 0.4) is 0 Å². The van der Waals surface area contributed by atoms with Gasteiger partial charge in [-0.3, -0.25) is 0 Å². The Morgan fingerprint density at radius 2 is 1.88 bits per heavy atom. The highest BCUT2D eigenvalue weighted by atomic mass is 16.4. The second-order valence-electron chi connectivity index (χ2n) is 3.93. The van der Waals surface area contributed by atoms with Crippen LogP contribution in [0.2, 0.25) is 0 Å². The maximum Gasteiger partial charge on any atom is 0.480 e. The van der Waals surface area contributed by atoms with Gasteiger partial charge in [0.2, 0.25) is 0 Å². The Balaban J connectivity index is 2.84. The van der Waals surface area contributed by atoms with E-state index in [1.165, 1.54) is 5.98 Å². The molecule has 1 aromatic rings. The molecule has 0 saturated heterocycles. The van der Waals surface area contributed by atoms with Gasteiger partial charge in [0.25, 0.3) is 0 Å². The Morgan fingerprint density at radius 1 is 1.25 bits per heavy atom. The van der Waals surface area contributed by atoms with Crippen LogP contribution in [-0.2, 0) is 0 Å². The Morgan fingerprint density at radius 3 is 2.38 bits per heavy atom. The molecule has 3 heteroatoms.